The van der Waals surface area contributed by atoms with Gasteiger partial charge in [-0.2, -0.15) is 5.10 Å². The van der Waals surface area contributed by atoms with Crippen LogP contribution in [0.3, 0.4) is 0 Å². The molecule has 0 bridgehead atoms. The lowest BCUT2D eigenvalue weighted by Crippen LogP contribution is -2.38. The molecule has 0 aliphatic carbocycles. The maximum absolute atomic E-state index is 11.8. The number of esters is 2. The largest absolute Gasteiger partial charge is 0.468 e. The third-order valence-corrected chi connectivity index (χ3v) is 4.95. The first-order chi connectivity index (χ1) is 14.9. The Morgan fingerprint density at radius 2 is 1.68 bits per heavy atom. The van der Waals surface area contributed by atoms with Crippen molar-refractivity contribution in [2.75, 3.05) is 33.9 Å². The molecule has 0 atom stereocenters. The number of hydrogen-bond donors (Lipinski definition) is 1. The normalized spacial score (nSPS) is 10.7. The van der Waals surface area contributed by atoms with E-state index in [-0.39, 0.29) is 19.0 Å². The Labute approximate surface area is 182 Å². The van der Waals surface area contributed by atoms with Crippen molar-refractivity contribution in [3.63, 3.8) is 0 Å². The molecule has 1 heterocycles. The lowest BCUT2D eigenvalue weighted by molar-refractivity contribution is -0.145. The summed E-state index contributed by atoms with van der Waals surface area (Å²) in [5, 5.41) is 7.68. The first kappa shape index (κ1) is 24.1. The molecule has 0 aliphatic rings. The molecule has 31 heavy (non-hydrogen) atoms. The molecular weight excluding hydrogens is 400 g/mol. The average Bonchev–Trinajstić information content (AvgIpc) is 3.11. The van der Waals surface area contributed by atoms with Gasteiger partial charge in [-0.15, -0.1) is 0 Å². The summed E-state index contributed by atoms with van der Waals surface area (Å²) in [5.41, 5.74) is 3.58. The highest BCUT2D eigenvalue weighted by molar-refractivity contribution is 5.76. The van der Waals surface area contributed by atoms with E-state index in [4.69, 9.17) is 14.6 Å². The molecule has 0 aliphatic heterocycles. The van der Waals surface area contributed by atoms with Crippen molar-refractivity contribution >= 4 is 17.8 Å². The summed E-state index contributed by atoms with van der Waals surface area (Å²) in [5.74, 6) is -0.906. The number of aromatic nitrogens is 2. The van der Waals surface area contributed by atoms with Crippen molar-refractivity contribution in [1.82, 2.24) is 20.0 Å². The van der Waals surface area contributed by atoms with Gasteiger partial charge >= 0.3 is 11.9 Å². The molecule has 1 aromatic carbocycles. The first-order valence-corrected chi connectivity index (χ1v) is 10.1. The Morgan fingerprint density at radius 3 is 2.23 bits per heavy atom. The van der Waals surface area contributed by atoms with Crippen molar-refractivity contribution < 1.29 is 23.9 Å². The van der Waals surface area contributed by atoms with Gasteiger partial charge in [0.15, 0.2) is 0 Å². The van der Waals surface area contributed by atoms with Gasteiger partial charge in [-0.1, -0.05) is 37.3 Å². The number of amides is 1. The molecule has 9 heteroatoms. The van der Waals surface area contributed by atoms with E-state index in [1.54, 1.807) is 11.8 Å². The number of hydrogen-bond acceptors (Lipinski definition) is 7. The fourth-order valence-electron chi connectivity index (χ4n) is 3.10. The van der Waals surface area contributed by atoms with Crippen LogP contribution >= 0.6 is 0 Å². The van der Waals surface area contributed by atoms with Crippen LogP contribution in [0.15, 0.2) is 30.3 Å². The minimum absolute atomic E-state index is 0.0309. The van der Waals surface area contributed by atoms with Crippen molar-refractivity contribution in [3.8, 4) is 11.3 Å². The zero-order valence-electron chi connectivity index (χ0n) is 18.5. The fraction of sp³-hybridized carbons (Fsp3) is 0.455. The predicted molar refractivity (Wildman–Crippen MR) is 115 cm³/mol. The topological polar surface area (TPSA) is 103 Å². The number of rotatable bonds is 11. The number of ether oxygens (including phenoxy) is 2. The number of nitrogens with one attached hydrogen (secondary N) is 1. The van der Waals surface area contributed by atoms with Crippen LogP contribution < -0.4 is 5.32 Å². The molecule has 1 amide bonds. The van der Waals surface area contributed by atoms with Gasteiger partial charge in [-0.25, -0.2) is 0 Å². The Bertz CT molecular complexity index is 877. The molecule has 168 valence electrons. The molecule has 9 nitrogen and oxygen atoms in total. The van der Waals surface area contributed by atoms with E-state index in [2.05, 4.69) is 5.32 Å². The van der Waals surface area contributed by atoms with Crippen molar-refractivity contribution in [2.24, 2.45) is 0 Å². The van der Waals surface area contributed by atoms with E-state index in [0.29, 0.717) is 26.1 Å². The second-order valence-electron chi connectivity index (χ2n) is 6.99. The zero-order valence-corrected chi connectivity index (χ0v) is 18.5. The first-order valence-electron chi connectivity index (χ1n) is 10.1. The molecule has 2 aromatic rings. The Morgan fingerprint density at radius 1 is 1.06 bits per heavy atom. The maximum Gasteiger partial charge on any atom is 0.319 e. The molecule has 0 fully saturated rings. The molecule has 0 saturated heterocycles. The molecule has 0 saturated carbocycles. The van der Waals surface area contributed by atoms with Crippen molar-refractivity contribution in [2.45, 2.75) is 33.4 Å². The molecule has 0 spiro atoms. The maximum atomic E-state index is 11.8. The van der Waals surface area contributed by atoms with Crippen LogP contribution in [0, 0.1) is 6.92 Å². The van der Waals surface area contributed by atoms with E-state index in [0.717, 1.165) is 22.5 Å². The van der Waals surface area contributed by atoms with Crippen LogP contribution in [0.4, 0.5) is 0 Å². The molecule has 0 unspecified atom stereocenters. The monoisotopic (exact) mass is 430 g/mol. The second kappa shape index (κ2) is 11.8. The van der Waals surface area contributed by atoms with Crippen molar-refractivity contribution in [1.29, 1.82) is 0 Å². The molecular formula is C22H30N4O5. The summed E-state index contributed by atoms with van der Waals surface area (Å²) in [6.07, 6.45) is 0.407. The van der Waals surface area contributed by atoms with Gasteiger partial charge < -0.3 is 14.8 Å². The van der Waals surface area contributed by atoms with E-state index < -0.39 is 11.9 Å². The highest BCUT2D eigenvalue weighted by atomic mass is 16.5. The van der Waals surface area contributed by atoms with Crippen LogP contribution in [0.25, 0.3) is 11.3 Å². The van der Waals surface area contributed by atoms with Gasteiger partial charge in [-0.05, 0) is 6.92 Å². The fourth-order valence-corrected chi connectivity index (χ4v) is 3.10. The zero-order chi connectivity index (χ0) is 22.8. The van der Waals surface area contributed by atoms with Gasteiger partial charge in [0.1, 0.15) is 0 Å². The third kappa shape index (κ3) is 6.92. The number of carbonyl (C=O) groups is 3. The summed E-state index contributed by atoms with van der Waals surface area (Å²) in [4.78, 5) is 36.9. The van der Waals surface area contributed by atoms with Gasteiger partial charge in [0.2, 0.25) is 5.91 Å². The van der Waals surface area contributed by atoms with Crippen LogP contribution in [-0.2, 0) is 36.9 Å². The Hall–Kier alpha value is -3.20. The molecule has 1 aromatic heterocycles. The van der Waals surface area contributed by atoms with Crippen molar-refractivity contribution in [3.05, 3.63) is 41.6 Å². The smallest absolute Gasteiger partial charge is 0.319 e. The van der Waals surface area contributed by atoms with Crippen LogP contribution in [0.5, 0.6) is 0 Å². The Balaban J connectivity index is 2.26. The van der Waals surface area contributed by atoms with Crippen LogP contribution in [-0.4, -0.2) is 66.4 Å². The van der Waals surface area contributed by atoms with Crippen LogP contribution in [0.2, 0.25) is 0 Å². The van der Waals surface area contributed by atoms with Gasteiger partial charge in [0.25, 0.3) is 0 Å². The third-order valence-electron chi connectivity index (χ3n) is 4.95. The standard InChI is InChI=1S/C22H30N4O5/c1-5-19(27)23-13-18-16(2)26(24-22(18)17-9-7-6-8-10-17)12-11-25(14-20(28)30-3)15-21(29)31-4/h6-10H,5,11-15H2,1-4H3,(H,23,27). The molecule has 1 N–H and O–H groups in total. The van der Waals surface area contributed by atoms with E-state index in [9.17, 15) is 14.4 Å². The van der Waals surface area contributed by atoms with Gasteiger partial charge in [-0.3, -0.25) is 24.0 Å². The highest BCUT2D eigenvalue weighted by Crippen LogP contribution is 2.25. The second-order valence-corrected chi connectivity index (χ2v) is 6.99. The summed E-state index contributed by atoms with van der Waals surface area (Å²) in [6, 6.07) is 9.75. The number of benzene rings is 1. The lowest BCUT2D eigenvalue weighted by Gasteiger charge is -2.20. The predicted octanol–water partition coefficient (Wildman–Crippen LogP) is 1.53. The van der Waals surface area contributed by atoms with Crippen LogP contribution in [0.1, 0.15) is 24.6 Å². The summed E-state index contributed by atoms with van der Waals surface area (Å²) in [7, 11) is 2.61. The number of nitrogens with zero attached hydrogens (tertiary/aromatic N) is 3. The molecule has 2 rings (SSSR count). The average molecular weight is 431 g/mol. The quantitative estimate of drug-likeness (QED) is 0.539. The SMILES string of the molecule is CCC(=O)NCc1c(-c2ccccc2)nn(CCN(CC(=O)OC)CC(=O)OC)c1C. The summed E-state index contributed by atoms with van der Waals surface area (Å²) >= 11 is 0. The number of carbonyl (C=O) groups excluding carboxylic acids is 3. The van der Waals surface area contributed by atoms with E-state index in [1.165, 1.54) is 14.2 Å². The van der Waals surface area contributed by atoms with Gasteiger partial charge in [0, 0.05) is 36.3 Å². The Kier molecular flexibility index (Phi) is 9.20. The molecule has 0 radical (unpaired) electrons. The summed E-state index contributed by atoms with van der Waals surface area (Å²) < 4.78 is 11.3. The van der Waals surface area contributed by atoms with E-state index in [1.807, 2.05) is 41.9 Å². The summed E-state index contributed by atoms with van der Waals surface area (Å²) in [6.45, 7) is 4.90. The minimum atomic E-state index is -0.436. The lowest BCUT2D eigenvalue weighted by atomic mass is 10.1. The number of methoxy groups -OCH3 is 2. The minimum Gasteiger partial charge on any atom is -0.468 e. The highest BCUT2D eigenvalue weighted by Gasteiger charge is 2.19. The van der Waals surface area contributed by atoms with Gasteiger partial charge in [0.05, 0.1) is 39.5 Å². The van der Waals surface area contributed by atoms with E-state index >= 15 is 0 Å².